The van der Waals surface area contributed by atoms with E-state index in [1.54, 1.807) is 13.1 Å². The van der Waals surface area contributed by atoms with Crippen LogP contribution < -0.4 is 11.2 Å². The Morgan fingerprint density at radius 3 is 2.52 bits per heavy atom. The van der Waals surface area contributed by atoms with Crippen molar-refractivity contribution in [1.82, 2.24) is 9.55 Å². The second kappa shape index (κ2) is 6.76. The molecule has 4 atom stereocenters. The maximum absolute atomic E-state index is 13.8. The minimum Gasteiger partial charge on any atom is -0.387 e. The number of nitrogens with zero attached hydrogens (tertiary/aromatic N) is 1. The lowest BCUT2D eigenvalue weighted by molar-refractivity contribution is -0.121. The molecule has 1 aliphatic heterocycles. The minimum absolute atomic E-state index is 0.0147. The third-order valence-electron chi connectivity index (χ3n) is 4.09. The Morgan fingerprint density at radius 2 is 2.00 bits per heavy atom. The Kier molecular flexibility index (Phi) is 5.41. The van der Waals surface area contributed by atoms with Crippen LogP contribution in [0.5, 0.6) is 0 Å². The summed E-state index contributed by atoms with van der Waals surface area (Å²) in [6.07, 6.45) is -3.00. The Hall–Kier alpha value is -1.33. The number of aliphatic hydroxyl groups excluding tert-OH is 2. The van der Waals surface area contributed by atoms with E-state index in [1.807, 2.05) is 25.8 Å². The van der Waals surface area contributed by atoms with Crippen LogP contribution in [0.15, 0.2) is 15.8 Å². The molecule has 1 fully saturated rings. The highest BCUT2D eigenvalue weighted by atomic mass is 28.3. The molecule has 0 aromatic carbocycles. The summed E-state index contributed by atoms with van der Waals surface area (Å²) >= 11 is 0. The van der Waals surface area contributed by atoms with Crippen molar-refractivity contribution in [3.8, 4) is 0 Å². The number of rotatable bonds is 4. The van der Waals surface area contributed by atoms with Crippen molar-refractivity contribution in [3.05, 3.63) is 32.9 Å². The van der Waals surface area contributed by atoms with Crippen LogP contribution in [0.4, 0.5) is 4.39 Å². The number of aromatic amines is 1. The SMILES string of the molecule is C[Si](C)[C@@]1(n2cc(F)c(=O)[nH]c2=O)O[C@H](COC(C)(C)C)[C@@H](O)[C@H]1O. The molecular weight excluding hydrogens is 351 g/mol. The van der Waals surface area contributed by atoms with Crippen LogP contribution in [0, 0.1) is 5.82 Å². The number of halogens is 1. The minimum atomic E-state index is -1.66. The largest absolute Gasteiger partial charge is 0.387 e. The summed E-state index contributed by atoms with van der Waals surface area (Å²) in [5.74, 6) is -1.18. The fourth-order valence-corrected chi connectivity index (χ4v) is 4.62. The van der Waals surface area contributed by atoms with E-state index >= 15 is 0 Å². The van der Waals surface area contributed by atoms with Gasteiger partial charge in [-0.2, -0.15) is 4.39 Å². The van der Waals surface area contributed by atoms with E-state index in [1.165, 1.54) is 0 Å². The predicted molar refractivity (Wildman–Crippen MR) is 89.3 cm³/mol. The van der Waals surface area contributed by atoms with E-state index in [0.29, 0.717) is 6.20 Å². The second-order valence-corrected chi connectivity index (χ2v) is 10.0. The molecule has 1 radical (unpaired) electrons. The third kappa shape index (κ3) is 3.63. The fraction of sp³-hybridized carbons (Fsp3) is 0.733. The van der Waals surface area contributed by atoms with Gasteiger partial charge in [0.15, 0.2) is 5.35 Å². The zero-order chi connectivity index (χ0) is 19.2. The molecule has 141 valence electrons. The van der Waals surface area contributed by atoms with Gasteiger partial charge in [-0.3, -0.25) is 14.3 Å². The predicted octanol–water partition coefficient (Wildman–Crippen LogP) is -0.442. The molecule has 1 aliphatic rings. The standard InChI is InChI=1S/C15H24FN2O6Si/c1-14(2,3)23-7-9-10(19)11(20)15(24-9,25(4)5)18-6-8(16)12(21)17-13(18)22/h6,9-11,19-20H,7H2,1-5H3,(H,17,21,22)/t9-,10-,11-,15+/m1/s1. The topological polar surface area (TPSA) is 114 Å². The molecule has 2 heterocycles. The molecule has 0 saturated carbocycles. The van der Waals surface area contributed by atoms with Crippen molar-refractivity contribution in [2.75, 3.05) is 6.61 Å². The van der Waals surface area contributed by atoms with Gasteiger partial charge in [0.1, 0.15) is 27.1 Å². The van der Waals surface area contributed by atoms with Gasteiger partial charge in [0.05, 0.1) is 18.4 Å². The summed E-state index contributed by atoms with van der Waals surface area (Å²) in [6, 6.07) is 0. The van der Waals surface area contributed by atoms with Gasteiger partial charge in [-0.25, -0.2) is 4.79 Å². The zero-order valence-electron chi connectivity index (χ0n) is 14.9. The van der Waals surface area contributed by atoms with Gasteiger partial charge in [-0.05, 0) is 20.8 Å². The summed E-state index contributed by atoms with van der Waals surface area (Å²) in [4.78, 5) is 25.4. The first kappa shape index (κ1) is 20.0. The van der Waals surface area contributed by atoms with Crippen molar-refractivity contribution < 1.29 is 24.1 Å². The summed E-state index contributed by atoms with van der Waals surface area (Å²) in [7, 11) is -1.66. The van der Waals surface area contributed by atoms with Gasteiger partial charge in [0, 0.05) is 0 Å². The Morgan fingerprint density at radius 1 is 1.40 bits per heavy atom. The van der Waals surface area contributed by atoms with Crippen LogP contribution in [0.1, 0.15) is 20.8 Å². The molecule has 1 saturated heterocycles. The van der Waals surface area contributed by atoms with Crippen molar-refractivity contribution in [1.29, 1.82) is 0 Å². The van der Waals surface area contributed by atoms with Crippen molar-refractivity contribution in [2.24, 2.45) is 0 Å². The highest BCUT2D eigenvalue weighted by molar-refractivity contribution is 6.58. The smallest absolute Gasteiger partial charge is 0.330 e. The zero-order valence-corrected chi connectivity index (χ0v) is 15.9. The first-order valence-electron chi connectivity index (χ1n) is 7.90. The van der Waals surface area contributed by atoms with E-state index in [0.717, 1.165) is 4.57 Å². The van der Waals surface area contributed by atoms with Gasteiger partial charge in [0.25, 0.3) is 5.56 Å². The van der Waals surface area contributed by atoms with Gasteiger partial charge in [0.2, 0.25) is 5.82 Å². The molecular formula is C15H24FN2O6Si. The van der Waals surface area contributed by atoms with E-state index < -0.39 is 55.1 Å². The van der Waals surface area contributed by atoms with Crippen molar-refractivity contribution in [2.45, 2.75) is 63.1 Å². The lowest BCUT2D eigenvalue weighted by Crippen LogP contribution is -2.59. The molecule has 3 N–H and O–H groups in total. The van der Waals surface area contributed by atoms with Crippen LogP contribution in [0.2, 0.25) is 13.1 Å². The van der Waals surface area contributed by atoms with E-state index in [4.69, 9.17) is 9.47 Å². The molecule has 10 heteroatoms. The average Bonchev–Trinajstić information content (AvgIpc) is 2.74. The van der Waals surface area contributed by atoms with Gasteiger partial charge >= 0.3 is 5.69 Å². The lowest BCUT2D eigenvalue weighted by atomic mass is 10.1. The number of aromatic nitrogens is 2. The Balaban J connectivity index is 2.49. The number of ether oxygens (including phenoxy) is 2. The van der Waals surface area contributed by atoms with Gasteiger partial charge in [-0.15, -0.1) is 0 Å². The quantitative estimate of drug-likeness (QED) is 0.615. The maximum atomic E-state index is 13.8. The van der Waals surface area contributed by atoms with Gasteiger partial charge in [-0.1, -0.05) is 13.1 Å². The molecule has 1 aromatic rings. The average molecular weight is 375 g/mol. The first-order chi connectivity index (χ1) is 11.4. The molecule has 0 aliphatic carbocycles. The molecule has 0 unspecified atom stereocenters. The third-order valence-corrected chi connectivity index (χ3v) is 6.18. The van der Waals surface area contributed by atoms with E-state index in [-0.39, 0.29) is 6.61 Å². The van der Waals surface area contributed by atoms with Crippen molar-refractivity contribution in [3.63, 3.8) is 0 Å². The van der Waals surface area contributed by atoms with Crippen molar-refractivity contribution >= 4 is 8.80 Å². The highest BCUT2D eigenvalue weighted by Gasteiger charge is 2.58. The number of hydrogen-bond acceptors (Lipinski definition) is 6. The molecule has 0 amide bonds. The fourth-order valence-electron chi connectivity index (χ4n) is 2.82. The van der Waals surface area contributed by atoms with E-state index in [2.05, 4.69) is 0 Å². The normalized spacial score (nSPS) is 30.2. The van der Waals surface area contributed by atoms with Crippen LogP contribution >= 0.6 is 0 Å². The number of aliphatic hydroxyl groups is 2. The summed E-state index contributed by atoms with van der Waals surface area (Å²) in [6.45, 7) is 8.98. The summed E-state index contributed by atoms with van der Waals surface area (Å²) in [5, 5.41) is 19.4. The maximum Gasteiger partial charge on any atom is 0.330 e. The van der Waals surface area contributed by atoms with Gasteiger partial charge < -0.3 is 19.7 Å². The molecule has 1 aromatic heterocycles. The molecule has 8 nitrogen and oxygen atoms in total. The monoisotopic (exact) mass is 375 g/mol. The summed E-state index contributed by atoms with van der Waals surface area (Å²) in [5.41, 5.74) is -2.56. The number of H-pyrrole nitrogens is 1. The molecule has 25 heavy (non-hydrogen) atoms. The molecule has 0 spiro atoms. The van der Waals surface area contributed by atoms with Crippen LogP contribution in [-0.2, 0) is 14.8 Å². The Labute approximate surface area is 145 Å². The first-order valence-corrected chi connectivity index (χ1v) is 10.4. The van der Waals surface area contributed by atoms with Crippen LogP contribution in [-0.4, -0.2) is 59.1 Å². The summed E-state index contributed by atoms with van der Waals surface area (Å²) < 4.78 is 26.1. The Bertz CT molecular complexity index is 743. The second-order valence-electron chi connectivity index (χ2n) is 7.32. The highest BCUT2D eigenvalue weighted by Crippen LogP contribution is 2.37. The number of nitrogens with one attached hydrogen (secondary N) is 1. The van der Waals surface area contributed by atoms with E-state index in [9.17, 15) is 24.2 Å². The van der Waals surface area contributed by atoms with Crippen LogP contribution in [0.3, 0.4) is 0 Å². The molecule has 2 rings (SSSR count). The number of hydrogen-bond donors (Lipinski definition) is 3. The molecule has 0 bridgehead atoms. The lowest BCUT2D eigenvalue weighted by Gasteiger charge is -2.36. The van der Waals surface area contributed by atoms with Crippen LogP contribution in [0.25, 0.3) is 0 Å².